The van der Waals surface area contributed by atoms with Crippen molar-refractivity contribution in [2.75, 3.05) is 11.4 Å². The van der Waals surface area contributed by atoms with Crippen molar-refractivity contribution in [2.45, 2.75) is 45.6 Å². The van der Waals surface area contributed by atoms with Crippen LogP contribution in [0.25, 0.3) is 0 Å². The molecule has 3 aromatic carbocycles. The molecule has 0 aliphatic carbocycles. The van der Waals surface area contributed by atoms with Gasteiger partial charge in [-0.1, -0.05) is 38.1 Å². The molecule has 0 spiro atoms. The fraction of sp³-hybridized carbons (Fsp3) is 0.333. The van der Waals surface area contributed by atoms with Gasteiger partial charge < -0.3 is 19.5 Å². The minimum atomic E-state index is -4.83. The lowest BCUT2D eigenvalue weighted by Crippen LogP contribution is -2.35. The third-order valence-electron chi connectivity index (χ3n) is 5.64. The number of hydrogen-bond acceptors (Lipinski definition) is 4. The Morgan fingerprint density at radius 3 is 2.18 bits per heavy atom. The Kier molecular flexibility index (Phi) is 9.14. The average molecular weight is 545 g/mol. The average Bonchev–Trinajstić information content (AvgIpc) is 2.82. The van der Waals surface area contributed by atoms with Crippen LogP contribution >= 0.6 is 0 Å². The van der Waals surface area contributed by atoms with Crippen LogP contribution in [0.15, 0.2) is 66.7 Å². The minimum absolute atomic E-state index is 0.00163. The van der Waals surface area contributed by atoms with E-state index < -0.39 is 30.0 Å². The maximum atomic E-state index is 14.6. The van der Waals surface area contributed by atoms with E-state index in [9.17, 15) is 35.8 Å². The molecule has 1 N–H and O–H groups in total. The molecule has 0 saturated heterocycles. The third-order valence-corrected chi connectivity index (χ3v) is 5.64. The molecule has 0 aromatic heterocycles. The summed E-state index contributed by atoms with van der Waals surface area (Å²) in [6.07, 6.45) is -10.3. The van der Waals surface area contributed by atoms with Crippen LogP contribution in [0, 0.1) is 11.7 Å². The Bertz CT molecular complexity index is 1210. The summed E-state index contributed by atoms with van der Waals surface area (Å²) in [7, 11) is 0. The molecule has 3 rings (SSSR count). The number of anilines is 1. The van der Waals surface area contributed by atoms with Gasteiger partial charge in [-0.3, -0.25) is 0 Å². The summed E-state index contributed by atoms with van der Waals surface area (Å²) in [5.74, 6) is -1.24. The summed E-state index contributed by atoms with van der Waals surface area (Å²) in [6, 6.07) is 14.1. The molecular formula is C27H26F7NO3. The molecular weight excluding hydrogens is 519 g/mol. The highest BCUT2D eigenvalue weighted by atomic mass is 19.4. The summed E-state index contributed by atoms with van der Waals surface area (Å²) >= 11 is 0. The van der Waals surface area contributed by atoms with Gasteiger partial charge in [0.25, 0.3) is 0 Å². The van der Waals surface area contributed by atoms with Gasteiger partial charge >= 0.3 is 12.5 Å². The molecule has 0 bridgehead atoms. The fourth-order valence-corrected chi connectivity index (χ4v) is 3.52. The highest BCUT2D eigenvalue weighted by Gasteiger charge is 2.32. The van der Waals surface area contributed by atoms with Crippen molar-refractivity contribution >= 4 is 5.69 Å². The van der Waals surface area contributed by atoms with E-state index in [1.807, 2.05) is 0 Å². The van der Waals surface area contributed by atoms with Gasteiger partial charge in [-0.2, -0.15) is 13.2 Å². The quantitative estimate of drug-likeness (QED) is 0.271. The van der Waals surface area contributed by atoms with Gasteiger partial charge in [0.1, 0.15) is 23.9 Å². The van der Waals surface area contributed by atoms with E-state index in [-0.39, 0.29) is 36.9 Å². The van der Waals surface area contributed by atoms with E-state index in [1.165, 1.54) is 12.1 Å². The van der Waals surface area contributed by atoms with Crippen LogP contribution in [-0.2, 0) is 19.3 Å². The molecule has 1 unspecified atom stereocenters. The monoisotopic (exact) mass is 545 g/mol. The smallest absolute Gasteiger partial charge is 0.489 e. The molecule has 38 heavy (non-hydrogen) atoms. The zero-order valence-corrected chi connectivity index (χ0v) is 20.5. The van der Waals surface area contributed by atoms with E-state index in [2.05, 4.69) is 4.74 Å². The standard InChI is InChI=1S/C27H26F7NO3/c1-17(2)25(36)15-35(14-19-9-10-20(12-24(19)28)26(29,30)31)21-6-4-7-22(13-21)37-16-18-5-3-8-23(11-18)38-27(32,33)34/h3-13,17,25,36H,14-16H2,1-2H3. The molecule has 0 radical (unpaired) electrons. The first kappa shape index (κ1) is 29.1. The van der Waals surface area contributed by atoms with Gasteiger partial charge in [0.05, 0.1) is 11.7 Å². The number of nitrogens with zero attached hydrogens (tertiary/aromatic N) is 1. The van der Waals surface area contributed by atoms with Gasteiger partial charge in [-0.05, 0) is 47.9 Å². The van der Waals surface area contributed by atoms with Gasteiger partial charge in [-0.25, -0.2) is 4.39 Å². The second-order valence-electron chi connectivity index (χ2n) is 8.98. The van der Waals surface area contributed by atoms with Crippen LogP contribution in [-0.4, -0.2) is 24.1 Å². The maximum Gasteiger partial charge on any atom is 0.573 e. The van der Waals surface area contributed by atoms with Gasteiger partial charge in [0, 0.05) is 30.4 Å². The molecule has 1 atom stereocenters. The number of aliphatic hydroxyl groups excluding tert-OH is 1. The number of ether oxygens (including phenoxy) is 2. The number of hydrogen-bond donors (Lipinski definition) is 1. The Balaban J connectivity index is 1.80. The van der Waals surface area contributed by atoms with Crippen LogP contribution < -0.4 is 14.4 Å². The normalized spacial score (nSPS) is 12.9. The highest BCUT2D eigenvalue weighted by molar-refractivity contribution is 5.51. The molecule has 4 nitrogen and oxygen atoms in total. The second kappa shape index (κ2) is 11.9. The number of halogens is 7. The summed E-state index contributed by atoms with van der Waals surface area (Å²) in [5, 5.41) is 10.5. The summed E-state index contributed by atoms with van der Waals surface area (Å²) in [6.45, 7) is 3.42. The molecule has 0 fully saturated rings. The van der Waals surface area contributed by atoms with Gasteiger partial charge in [0.2, 0.25) is 0 Å². The lowest BCUT2D eigenvalue weighted by atomic mass is 10.1. The number of benzene rings is 3. The molecule has 0 saturated carbocycles. The van der Waals surface area contributed by atoms with E-state index in [1.54, 1.807) is 49.1 Å². The van der Waals surface area contributed by atoms with E-state index in [0.29, 0.717) is 23.1 Å². The van der Waals surface area contributed by atoms with E-state index >= 15 is 0 Å². The van der Waals surface area contributed by atoms with Crippen molar-refractivity contribution in [3.8, 4) is 11.5 Å². The second-order valence-corrected chi connectivity index (χ2v) is 8.98. The molecule has 206 valence electrons. The van der Waals surface area contributed by atoms with Crippen LogP contribution in [0.4, 0.5) is 36.4 Å². The van der Waals surface area contributed by atoms with Gasteiger partial charge in [-0.15, -0.1) is 13.2 Å². The Hall–Kier alpha value is -3.47. The van der Waals surface area contributed by atoms with Gasteiger partial charge in [0.15, 0.2) is 0 Å². The zero-order valence-electron chi connectivity index (χ0n) is 20.5. The Labute approximate surface area is 215 Å². The highest BCUT2D eigenvalue weighted by Crippen LogP contribution is 2.31. The minimum Gasteiger partial charge on any atom is -0.489 e. The molecule has 0 aliphatic heterocycles. The van der Waals surface area contributed by atoms with Crippen LogP contribution in [0.2, 0.25) is 0 Å². The molecule has 0 amide bonds. The predicted molar refractivity (Wildman–Crippen MR) is 127 cm³/mol. The van der Waals surface area contributed by atoms with Crippen molar-refractivity contribution in [3.05, 3.63) is 89.2 Å². The van der Waals surface area contributed by atoms with Crippen LogP contribution in [0.3, 0.4) is 0 Å². The first-order valence-corrected chi connectivity index (χ1v) is 11.6. The number of aliphatic hydroxyl groups is 1. The maximum absolute atomic E-state index is 14.6. The summed E-state index contributed by atoms with van der Waals surface area (Å²) in [4.78, 5) is 1.61. The lowest BCUT2D eigenvalue weighted by molar-refractivity contribution is -0.274. The van der Waals surface area contributed by atoms with E-state index in [4.69, 9.17) is 4.74 Å². The van der Waals surface area contributed by atoms with Crippen molar-refractivity contribution in [1.82, 2.24) is 0 Å². The van der Waals surface area contributed by atoms with Crippen molar-refractivity contribution in [3.63, 3.8) is 0 Å². The molecule has 11 heteroatoms. The SMILES string of the molecule is CC(C)C(O)CN(Cc1ccc(C(F)(F)F)cc1F)c1cccc(OCc2cccc(OC(F)(F)F)c2)c1. The molecule has 0 heterocycles. The number of alkyl halides is 6. The predicted octanol–water partition coefficient (Wildman–Crippen LogP) is 7.35. The molecule has 0 aliphatic rings. The first-order valence-electron chi connectivity index (χ1n) is 11.6. The topological polar surface area (TPSA) is 41.9 Å². The van der Waals surface area contributed by atoms with Crippen molar-refractivity contribution in [1.29, 1.82) is 0 Å². The fourth-order valence-electron chi connectivity index (χ4n) is 3.52. The Morgan fingerprint density at radius 1 is 0.868 bits per heavy atom. The van der Waals surface area contributed by atoms with Crippen molar-refractivity contribution < 1.29 is 45.3 Å². The first-order chi connectivity index (χ1) is 17.7. The molecule has 3 aromatic rings. The Morgan fingerprint density at radius 2 is 1.55 bits per heavy atom. The van der Waals surface area contributed by atoms with E-state index in [0.717, 1.165) is 18.2 Å². The van der Waals surface area contributed by atoms with Crippen molar-refractivity contribution in [2.24, 2.45) is 5.92 Å². The van der Waals surface area contributed by atoms with Crippen LogP contribution in [0.1, 0.15) is 30.5 Å². The summed E-state index contributed by atoms with van der Waals surface area (Å²) < 4.78 is 101. The number of rotatable bonds is 10. The third kappa shape index (κ3) is 8.54. The lowest BCUT2D eigenvalue weighted by Gasteiger charge is -2.29. The largest absolute Gasteiger partial charge is 0.573 e. The summed E-state index contributed by atoms with van der Waals surface area (Å²) in [5.41, 5.74) is -0.193. The van der Waals surface area contributed by atoms with Crippen LogP contribution in [0.5, 0.6) is 11.5 Å². The zero-order chi connectivity index (χ0) is 28.1.